The molecule has 2 aliphatic heterocycles. The molecule has 1 aromatic rings. The van der Waals surface area contributed by atoms with E-state index in [4.69, 9.17) is 51.5 Å². The molecule has 168 valence electrons. The van der Waals surface area contributed by atoms with Gasteiger partial charge in [0.05, 0.1) is 19.7 Å². The highest BCUT2D eigenvalue weighted by Crippen LogP contribution is 2.44. The maximum Gasteiger partial charge on any atom is 0.323 e. The van der Waals surface area contributed by atoms with Gasteiger partial charge in [-0.1, -0.05) is 27.4 Å². The lowest BCUT2D eigenvalue weighted by Gasteiger charge is -2.47. The number of methoxy groups -OCH3 is 2. The van der Waals surface area contributed by atoms with Gasteiger partial charge in [-0.2, -0.15) is 0 Å². The Kier molecular flexibility index (Phi) is 2.27. The first-order valence-electron chi connectivity index (χ1n) is 20.7. The number of hydrogen-bond acceptors (Lipinski definition) is 6. The molecule has 0 aliphatic carbocycles. The summed E-state index contributed by atoms with van der Waals surface area (Å²) in [5.74, 6) is -14.6. The van der Waals surface area contributed by atoms with Crippen molar-refractivity contribution in [2.24, 2.45) is 23.4 Å². The van der Waals surface area contributed by atoms with E-state index in [0.29, 0.717) is 0 Å². The van der Waals surface area contributed by atoms with Gasteiger partial charge in [-0.15, -0.1) is 0 Å². The summed E-state index contributed by atoms with van der Waals surface area (Å²) in [7, 11) is 2.01. The van der Waals surface area contributed by atoms with Gasteiger partial charge >= 0.3 is 5.97 Å². The lowest BCUT2D eigenvalue weighted by atomic mass is 9.79. The van der Waals surface area contributed by atoms with E-state index in [1.54, 1.807) is 0 Å². The smallest absolute Gasteiger partial charge is 0.323 e. The van der Waals surface area contributed by atoms with Crippen LogP contribution in [0.25, 0.3) is 0 Å². The second-order valence-electron chi connectivity index (χ2n) is 6.42. The van der Waals surface area contributed by atoms with Crippen LogP contribution >= 0.6 is 0 Å². The number of nitrogens with two attached hydrogens (primary N) is 1. The van der Waals surface area contributed by atoms with Crippen molar-refractivity contribution in [2.45, 2.75) is 64.7 Å². The Morgan fingerprint density at radius 2 is 2.13 bits per heavy atom. The van der Waals surface area contributed by atoms with Gasteiger partial charge in [0.1, 0.15) is 12.1 Å². The molecule has 0 saturated carbocycles. The molecule has 0 bridgehead atoms. The number of nitrogens with zero attached hydrogens (tertiary/aromatic N) is 1. The second-order valence-corrected chi connectivity index (χ2v) is 6.42. The largest absolute Gasteiger partial charge is 0.493 e. The summed E-state index contributed by atoms with van der Waals surface area (Å²) in [6, 6.07) is -8.98. The number of rotatable bonds is 7. The summed E-state index contributed by atoms with van der Waals surface area (Å²) < 4.78 is 215. The first-order chi connectivity index (χ1) is 23.7. The van der Waals surface area contributed by atoms with E-state index in [1.165, 1.54) is 0 Å². The fraction of sp³-hybridized carbons (Fsp3) is 0.708. The van der Waals surface area contributed by atoms with Crippen LogP contribution in [0, 0.1) is 17.7 Å². The highest BCUT2D eigenvalue weighted by atomic mass is 16.5. The lowest BCUT2D eigenvalue weighted by molar-refractivity contribution is -0.160. The Bertz CT molecular complexity index is 1620. The standard InChI is InChI=1S/C24H38N2O4/c1-14(2)9-17-13-26-8-7-16-10-21(28-5)22(29-6)11-18(16)19(26)12-20(17)30-24(27)23(25)15(3)4/h10-11,14-15,17,19-20,23H,7-9,12-13,25H2,1-6H3/t17?,19?,20?,23-/m0/s1/i1D3,2D3,3D3,4D3,7D2,8D2,9D2,10D,11D,14D,15D,19D,23D. The minimum absolute atomic E-state index is 0.244. The van der Waals surface area contributed by atoms with Crippen molar-refractivity contribution < 1.29 is 51.9 Å². The predicted molar refractivity (Wildman–Crippen MR) is 118 cm³/mol. The third kappa shape index (κ3) is 4.75. The second kappa shape index (κ2) is 9.56. The van der Waals surface area contributed by atoms with Crippen molar-refractivity contribution in [3.63, 3.8) is 0 Å². The number of ether oxygens (including phenoxy) is 3. The molecule has 1 saturated heterocycles. The minimum Gasteiger partial charge on any atom is -0.493 e. The van der Waals surface area contributed by atoms with Gasteiger partial charge < -0.3 is 19.9 Å². The number of fused-ring (bicyclic) bond motifs is 3. The molecular formula is C24H38N2O4. The van der Waals surface area contributed by atoms with Crippen LogP contribution in [0.5, 0.6) is 11.5 Å². The molecule has 0 amide bonds. The van der Waals surface area contributed by atoms with Crippen molar-refractivity contribution in [1.29, 1.82) is 0 Å². The highest BCUT2D eigenvalue weighted by Gasteiger charge is 2.41. The topological polar surface area (TPSA) is 74.0 Å². The quantitative estimate of drug-likeness (QED) is 0.651. The Balaban J connectivity index is 2.52. The molecule has 2 N–H and O–H groups in total. The molecule has 0 aromatic heterocycles. The van der Waals surface area contributed by atoms with E-state index in [2.05, 4.69) is 0 Å². The zero-order chi connectivity index (χ0) is 42.8. The molecule has 2 heterocycles. The van der Waals surface area contributed by atoms with Crippen molar-refractivity contribution in [1.82, 2.24) is 4.90 Å². The average Bonchev–Trinajstić information content (AvgIpc) is 2.96. The van der Waals surface area contributed by atoms with Crippen molar-refractivity contribution in [3.8, 4) is 11.5 Å². The fourth-order valence-electron chi connectivity index (χ4n) is 3.16. The maximum atomic E-state index is 13.8. The van der Waals surface area contributed by atoms with E-state index in [9.17, 15) is 6.17 Å². The van der Waals surface area contributed by atoms with Crippen molar-refractivity contribution >= 4 is 5.97 Å². The number of carbonyl (C=O) groups is 1. The monoisotopic (exact) mass is 442 g/mol. The Morgan fingerprint density at radius 3 is 2.80 bits per heavy atom. The Morgan fingerprint density at radius 1 is 1.40 bits per heavy atom. The van der Waals surface area contributed by atoms with E-state index in [0.717, 1.165) is 14.2 Å². The lowest BCUT2D eigenvalue weighted by Crippen LogP contribution is -2.51. The van der Waals surface area contributed by atoms with Crippen LogP contribution in [0.15, 0.2) is 12.1 Å². The first kappa shape index (κ1) is 7.11. The van der Waals surface area contributed by atoms with Crippen LogP contribution < -0.4 is 15.2 Å². The summed E-state index contributed by atoms with van der Waals surface area (Å²) in [4.78, 5) is 14.0. The summed E-state index contributed by atoms with van der Waals surface area (Å²) >= 11 is 0. The number of benzene rings is 1. The highest BCUT2D eigenvalue weighted by molar-refractivity contribution is 5.76. The normalized spacial score (nSPS) is 46.4. The van der Waals surface area contributed by atoms with Gasteiger partial charge in [0.2, 0.25) is 0 Å². The average molecular weight is 443 g/mol. The Hall–Kier alpha value is -1.79. The van der Waals surface area contributed by atoms with Crippen LogP contribution in [0.3, 0.4) is 0 Å². The molecule has 1 aromatic carbocycles. The van der Waals surface area contributed by atoms with Gasteiger partial charge in [0.25, 0.3) is 0 Å². The first-order valence-corrected chi connectivity index (χ1v) is 8.71. The van der Waals surface area contributed by atoms with Crippen LogP contribution in [0.2, 0.25) is 0 Å². The maximum absolute atomic E-state index is 13.8. The van der Waals surface area contributed by atoms with Gasteiger partial charge in [-0.05, 0) is 47.7 Å². The Labute approximate surface area is 214 Å². The molecule has 6 heteroatoms. The fourth-order valence-corrected chi connectivity index (χ4v) is 3.16. The van der Waals surface area contributed by atoms with Gasteiger partial charge in [-0.25, -0.2) is 0 Å². The molecule has 1 fully saturated rings. The zero-order valence-corrected chi connectivity index (χ0v) is 16.2. The predicted octanol–water partition coefficient (Wildman–Crippen LogP) is 3.56. The molecule has 0 radical (unpaired) electrons. The van der Waals surface area contributed by atoms with Gasteiger partial charge in [0.15, 0.2) is 11.5 Å². The summed E-state index contributed by atoms with van der Waals surface area (Å²) in [6.45, 7) is -21.3. The molecule has 2 aliphatic rings. The van der Waals surface area contributed by atoms with E-state index in [-0.39, 0.29) is 4.90 Å². The van der Waals surface area contributed by atoms with Crippen LogP contribution in [0.1, 0.15) is 90.2 Å². The molecule has 6 nitrogen and oxygen atoms in total. The molecule has 3 unspecified atom stereocenters. The van der Waals surface area contributed by atoms with Gasteiger partial charge in [0, 0.05) is 58.8 Å². The van der Waals surface area contributed by atoms with Crippen LogP contribution in [-0.2, 0) is 15.9 Å². The minimum atomic E-state index is -4.21. The van der Waals surface area contributed by atoms with E-state index >= 15 is 0 Å². The number of carbonyl (C=O) groups excluding carboxylic acids is 1. The summed E-state index contributed by atoms with van der Waals surface area (Å²) in [5.41, 5.74) is 3.82. The number of esters is 1. The zero-order valence-electron chi connectivity index (χ0n) is 40.2. The summed E-state index contributed by atoms with van der Waals surface area (Å²) in [6.07, 6.45) is -11.5. The third-order valence-corrected chi connectivity index (χ3v) is 4.57. The number of piperidine rings is 1. The number of hydrogen-bond donors (Lipinski definition) is 1. The van der Waals surface area contributed by atoms with Crippen molar-refractivity contribution in [3.05, 3.63) is 23.2 Å². The molecular weight excluding hydrogens is 380 g/mol. The van der Waals surface area contributed by atoms with E-state index < -0.39 is 136 Å². The molecule has 0 spiro atoms. The van der Waals surface area contributed by atoms with Crippen LogP contribution in [0.4, 0.5) is 0 Å². The molecule has 3 rings (SSSR count). The van der Waals surface area contributed by atoms with Gasteiger partial charge in [-0.3, -0.25) is 9.69 Å². The van der Waals surface area contributed by atoms with Crippen LogP contribution in [-0.4, -0.2) is 50.3 Å². The molecule has 30 heavy (non-hydrogen) atoms. The molecule has 4 atom stereocenters. The summed E-state index contributed by atoms with van der Waals surface area (Å²) in [5, 5.41) is 0. The van der Waals surface area contributed by atoms with Crippen molar-refractivity contribution in [2.75, 3.05) is 27.3 Å². The third-order valence-electron chi connectivity index (χ3n) is 4.57. The SMILES string of the molecule is [2H]c1c(OC)c(OC)c([2H])c2c1C1([2H])CC(OC(=O)[C@@]([2H])(N)C([2H])(C([2H])([2H])[2H])C([2H])([2H])[2H])C(C([2H])([2H])C([2H])(C([2H])([2H])[2H])C([2H])([2H])[2H])CN1C([2H])([2H])C2([2H])[2H]. The van der Waals surface area contributed by atoms with E-state index in [1.807, 2.05) is 0 Å².